The summed E-state index contributed by atoms with van der Waals surface area (Å²) in [7, 11) is -3.66. The van der Waals surface area contributed by atoms with E-state index < -0.39 is 10.1 Å². The second-order valence-electron chi connectivity index (χ2n) is 2.03. The molecule has 1 aromatic rings. The lowest BCUT2D eigenvalue weighted by molar-refractivity contribution is 0.484. The van der Waals surface area contributed by atoms with Crippen LogP contribution in [-0.4, -0.2) is 18.7 Å². The fraction of sp³-hybridized carbons (Fsp3) is 0.250. The van der Waals surface area contributed by atoms with Gasteiger partial charge in [-0.05, 0) is 6.92 Å². The van der Waals surface area contributed by atoms with Crippen LogP contribution in [0, 0.1) is 0 Å². The zero-order valence-electron chi connectivity index (χ0n) is 6.84. The molecule has 3 nitrogen and oxygen atoms in total. The summed E-state index contributed by atoms with van der Waals surface area (Å²) in [5.41, 5.74) is 0. The van der Waals surface area contributed by atoms with Gasteiger partial charge in [-0.1, -0.05) is 36.4 Å². The van der Waals surface area contributed by atoms with Crippen LogP contribution in [0.4, 0.5) is 0 Å². The molecule has 0 fully saturated rings. The Hall–Kier alpha value is -0.870. The average molecular weight is 188 g/mol. The molecule has 0 unspecified atom stereocenters. The molecule has 1 N–H and O–H groups in total. The molecule has 0 saturated heterocycles. The van der Waals surface area contributed by atoms with Crippen molar-refractivity contribution in [1.29, 1.82) is 0 Å². The molecule has 0 bridgehead atoms. The van der Waals surface area contributed by atoms with Crippen molar-refractivity contribution >= 4 is 10.1 Å². The predicted molar refractivity (Wildman–Crippen MR) is 48.5 cm³/mol. The quantitative estimate of drug-likeness (QED) is 0.681. The highest BCUT2D eigenvalue weighted by Gasteiger charge is 1.93. The van der Waals surface area contributed by atoms with Crippen LogP contribution in [0.2, 0.25) is 0 Å². The monoisotopic (exact) mass is 188 g/mol. The third kappa shape index (κ3) is 9.13. The summed E-state index contributed by atoms with van der Waals surface area (Å²) in [6, 6.07) is 12.0. The Balaban J connectivity index is 0.000000202. The molecular formula is C8H12O3S. The summed E-state index contributed by atoms with van der Waals surface area (Å²) < 4.78 is 26.9. The van der Waals surface area contributed by atoms with Gasteiger partial charge in [0, 0.05) is 0 Å². The first-order valence-electron chi connectivity index (χ1n) is 3.51. The van der Waals surface area contributed by atoms with Crippen LogP contribution in [0.5, 0.6) is 0 Å². The van der Waals surface area contributed by atoms with Gasteiger partial charge in [-0.25, -0.2) is 0 Å². The smallest absolute Gasteiger partial charge is 0.264 e. The first kappa shape index (κ1) is 11.1. The van der Waals surface area contributed by atoms with Gasteiger partial charge in [0.1, 0.15) is 0 Å². The average Bonchev–Trinajstić information content (AvgIpc) is 2.07. The molecule has 0 amide bonds. The van der Waals surface area contributed by atoms with E-state index in [0.29, 0.717) is 0 Å². The van der Waals surface area contributed by atoms with Gasteiger partial charge in [-0.2, -0.15) is 8.42 Å². The van der Waals surface area contributed by atoms with Gasteiger partial charge in [0.15, 0.2) is 0 Å². The Morgan fingerprint density at radius 2 is 1.17 bits per heavy atom. The van der Waals surface area contributed by atoms with Gasteiger partial charge >= 0.3 is 0 Å². The second kappa shape index (κ2) is 5.74. The van der Waals surface area contributed by atoms with Crippen LogP contribution in [-0.2, 0) is 10.1 Å². The van der Waals surface area contributed by atoms with E-state index in [1.54, 1.807) is 0 Å². The lowest BCUT2D eigenvalue weighted by Gasteiger charge is -1.79. The van der Waals surface area contributed by atoms with Crippen molar-refractivity contribution in [3.05, 3.63) is 36.4 Å². The standard InChI is InChI=1S/C6H6.C2H6O3S/c1-2-4-6-5-3-1;1-2-6(3,4)5/h1-6H;2H2,1H3,(H,3,4,5). The van der Waals surface area contributed by atoms with Crippen molar-refractivity contribution in [2.24, 2.45) is 0 Å². The zero-order chi connectivity index (χ0) is 9.45. The van der Waals surface area contributed by atoms with E-state index in [1.165, 1.54) is 6.92 Å². The molecule has 1 aromatic carbocycles. The van der Waals surface area contributed by atoms with E-state index in [9.17, 15) is 8.42 Å². The molecule has 68 valence electrons. The Kier molecular flexibility index (Phi) is 5.32. The van der Waals surface area contributed by atoms with Gasteiger partial charge in [0.2, 0.25) is 0 Å². The van der Waals surface area contributed by atoms with Crippen molar-refractivity contribution in [3.8, 4) is 0 Å². The SMILES string of the molecule is CCS(=O)(=O)O.c1ccccc1. The molecule has 0 aliphatic carbocycles. The normalized spacial score (nSPS) is 9.83. The van der Waals surface area contributed by atoms with Crippen LogP contribution in [0.3, 0.4) is 0 Å². The Bertz CT molecular complexity index is 252. The minimum absolute atomic E-state index is 0.201. The van der Waals surface area contributed by atoms with E-state index in [4.69, 9.17) is 4.55 Å². The van der Waals surface area contributed by atoms with Gasteiger partial charge in [0.25, 0.3) is 10.1 Å². The number of hydrogen-bond donors (Lipinski definition) is 1. The number of rotatable bonds is 1. The lowest BCUT2D eigenvalue weighted by Crippen LogP contribution is -1.97. The highest BCUT2D eigenvalue weighted by atomic mass is 32.2. The van der Waals surface area contributed by atoms with E-state index >= 15 is 0 Å². The maximum atomic E-state index is 9.56. The van der Waals surface area contributed by atoms with Crippen LogP contribution in [0.15, 0.2) is 36.4 Å². The topological polar surface area (TPSA) is 54.4 Å². The molecule has 1 rings (SSSR count). The molecule has 0 aliphatic rings. The molecule has 0 aromatic heterocycles. The molecule has 0 heterocycles. The summed E-state index contributed by atoms with van der Waals surface area (Å²) in [5, 5.41) is 0. The lowest BCUT2D eigenvalue weighted by atomic mass is 10.4. The van der Waals surface area contributed by atoms with Crippen molar-refractivity contribution in [1.82, 2.24) is 0 Å². The van der Waals surface area contributed by atoms with Gasteiger partial charge in [-0.15, -0.1) is 0 Å². The van der Waals surface area contributed by atoms with Crippen molar-refractivity contribution in [2.75, 3.05) is 5.75 Å². The summed E-state index contributed by atoms with van der Waals surface area (Å²) in [5.74, 6) is -0.201. The molecule has 0 atom stereocenters. The van der Waals surface area contributed by atoms with Crippen molar-refractivity contribution in [2.45, 2.75) is 6.92 Å². The Morgan fingerprint density at radius 3 is 1.25 bits per heavy atom. The second-order valence-corrected chi connectivity index (χ2v) is 3.77. The van der Waals surface area contributed by atoms with Crippen molar-refractivity contribution < 1.29 is 13.0 Å². The highest BCUT2D eigenvalue weighted by Crippen LogP contribution is 1.79. The largest absolute Gasteiger partial charge is 0.286 e. The summed E-state index contributed by atoms with van der Waals surface area (Å²) >= 11 is 0. The van der Waals surface area contributed by atoms with Crippen LogP contribution >= 0.6 is 0 Å². The summed E-state index contributed by atoms with van der Waals surface area (Å²) in [6.45, 7) is 1.37. The summed E-state index contributed by atoms with van der Waals surface area (Å²) in [6.07, 6.45) is 0. The first-order valence-corrected chi connectivity index (χ1v) is 5.12. The third-order valence-electron chi connectivity index (χ3n) is 1.03. The van der Waals surface area contributed by atoms with Crippen molar-refractivity contribution in [3.63, 3.8) is 0 Å². The van der Waals surface area contributed by atoms with E-state index in [-0.39, 0.29) is 5.75 Å². The number of benzene rings is 1. The first-order chi connectivity index (χ1) is 5.56. The minimum atomic E-state index is -3.66. The van der Waals surface area contributed by atoms with Gasteiger partial charge in [0.05, 0.1) is 5.75 Å². The van der Waals surface area contributed by atoms with Crippen LogP contribution in [0.25, 0.3) is 0 Å². The fourth-order valence-electron chi connectivity index (χ4n) is 0.385. The maximum absolute atomic E-state index is 9.56. The molecular weight excluding hydrogens is 176 g/mol. The highest BCUT2D eigenvalue weighted by molar-refractivity contribution is 7.85. The Morgan fingerprint density at radius 1 is 1.00 bits per heavy atom. The molecule has 0 radical (unpaired) electrons. The van der Waals surface area contributed by atoms with E-state index in [0.717, 1.165) is 0 Å². The van der Waals surface area contributed by atoms with Gasteiger partial charge < -0.3 is 0 Å². The fourth-order valence-corrected chi connectivity index (χ4v) is 0.385. The zero-order valence-corrected chi connectivity index (χ0v) is 7.66. The molecule has 0 saturated carbocycles. The molecule has 12 heavy (non-hydrogen) atoms. The maximum Gasteiger partial charge on any atom is 0.264 e. The molecule has 4 heteroatoms. The summed E-state index contributed by atoms with van der Waals surface area (Å²) in [4.78, 5) is 0. The third-order valence-corrected chi connectivity index (χ3v) is 1.76. The predicted octanol–water partition coefficient (Wildman–Crippen LogP) is 1.58. The number of hydrogen-bond acceptors (Lipinski definition) is 2. The van der Waals surface area contributed by atoms with Crippen LogP contribution in [0.1, 0.15) is 6.92 Å². The van der Waals surface area contributed by atoms with E-state index in [1.807, 2.05) is 36.4 Å². The minimum Gasteiger partial charge on any atom is -0.286 e. The molecule has 0 spiro atoms. The van der Waals surface area contributed by atoms with Crippen LogP contribution < -0.4 is 0 Å². The molecule has 0 aliphatic heterocycles. The van der Waals surface area contributed by atoms with E-state index in [2.05, 4.69) is 0 Å². The Labute approximate surface area is 72.8 Å². The van der Waals surface area contributed by atoms with Gasteiger partial charge in [-0.3, -0.25) is 4.55 Å².